The topological polar surface area (TPSA) is 36.0 Å². The molecule has 0 saturated carbocycles. The average molecular weight is 307 g/mol. The molecule has 0 bridgehead atoms. The van der Waals surface area contributed by atoms with E-state index >= 15 is 0 Å². The Morgan fingerprint density at radius 3 is 2.91 bits per heavy atom. The van der Waals surface area contributed by atoms with Crippen molar-refractivity contribution >= 4 is 17.3 Å². The third-order valence-corrected chi connectivity index (χ3v) is 4.44. The van der Waals surface area contributed by atoms with E-state index in [1.54, 1.807) is 11.0 Å². The summed E-state index contributed by atoms with van der Waals surface area (Å²) < 4.78 is 19.2. The number of hydrogen-bond donors (Lipinski definition) is 0. The summed E-state index contributed by atoms with van der Waals surface area (Å²) in [7, 11) is 1.91. The Morgan fingerprint density at radius 1 is 1.32 bits per heavy atom. The summed E-state index contributed by atoms with van der Waals surface area (Å²) in [5.41, 5.74) is 1.51. The van der Waals surface area contributed by atoms with Crippen molar-refractivity contribution in [2.24, 2.45) is 0 Å². The lowest BCUT2D eigenvalue weighted by atomic mass is 10.1. The predicted octanol–water partition coefficient (Wildman–Crippen LogP) is 1.33. The summed E-state index contributed by atoms with van der Waals surface area (Å²) in [5, 5.41) is 0. The fourth-order valence-electron chi connectivity index (χ4n) is 3.06. The molecule has 1 unspecified atom stereocenters. The minimum absolute atomic E-state index is 0.0286. The fourth-order valence-corrected chi connectivity index (χ4v) is 3.06. The molecular formula is C16H22FN3O2. The molecule has 1 amide bonds. The maximum Gasteiger partial charge on any atom is 0.257 e. The molecular weight excluding hydrogens is 285 g/mol. The standard InChI is InChI=1S/C16H22FN3O2/c1-3-19-8-9-22-15(11-19)16(21)20-7-6-18(2)14-10-12(17)4-5-13(14)20/h4-5,10,15H,3,6-9,11H2,1-2H3. The number of carbonyl (C=O) groups is 1. The van der Waals surface area contributed by atoms with Gasteiger partial charge in [-0.05, 0) is 24.7 Å². The van der Waals surface area contributed by atoms with E-state index in [0.717, 1.165) is 24.5 Å². The van der Waals surface area contributed by atoms with Crippen LogP contribution < -0.4 is 9.80 Å². The minimum atomic E-state index is -0.435. The van der Waals surface area contributed by atoms with Gasteiger partial charge in [0.05, 0.1) is 18.0 Å². The second-order valence-electron chi connectivity index (χ2n) is 5.80. The van der Waals surface area contributed by atoms with Gasteiger partial charge in [-0.1, -0.05) is 6.92 Å². The molecule has 2 aliphatic heterocycles. The lowest BCUT2D eigenvalue weighted by Gasteiger charge is -2.39. The molecule has 0 aliphatic carbocycles. The van der Waals surface area contributed by atoms with Crippen molar-refractivity contribution in [1.82, 2.24) is 4.90 Å². The van der Waals surface area contributed by atoms with Crippen LogP contribution in [0.2, 0.25) is 0 Å². The summed E-state index contributed by atoms with van der Waals surface area (Å²) in [4.78, 5) is 18.8. The Morgan fingerprint density at radius 2 is 2.14 bits per heavy atom. The van der Waals surface area contributed by atoms with Crippen LogP contribution in [0, 0.1) is 5.82 Å². The Kier molecular flexibility index (Phi) is 4.31. The van der Waals surface area contributed by atoms with E-state index in [4.69, 9.17) is 4.74 Å². The molecule has 6 heteroatoms. The maximum atomic E-state index is 13.5. The van der Waals surface area contributed by atoms with Gasteiger partial charge in [0.25, 0.3) is 5.91 Å². The lowest BCUT2D eigenvalue weighted by molar-refractivity contribution is -0.135. The van der Waals surface area contributed by atoms with Crippen LogP contribution in [0.25, 0.3) is 0 Å². The molecule has 3 rings (SSSR count). The molecule has 0 aromatic heterocycles. The quantitative estimate of drug-likeness (QED) is 0.826. The van der Waals surface area contributed by atoms with Crippen LogP contribution in [0.4, 0.5) is 15.8 Å². The van der Waals surface area contributed by atoms with Crippen LogP contribution in [0.5, 0.6) is 0 Å². The zero-order valence-corrected chi connectivity index (χ0v) is 13.1. The number of nitrogens with zero attached hydrogens (tertiary/aromatic N) is 3. The first-order valence-corrected chi connectivity index (χ1v) is 7.76. The number of fused-ring (bicyclic) bond motifs is 1. The molecule has 1 fully saturated rings. The predicted molar refractivity (Wildman–Crippen MR) is 83.9 cm³/mol. The molecule has 1 aromatic carbocycles. The van der Waals surface area contributed by atoms with Crippen LogP contribution in [0.3, 0.4) is 0 Å². The number of amides is 1. The molecule has 22 heavy (non-hydrogen) atoms. The summed E-state index contributed by atoms with van der Waals surface area (Å²) in [6.07, 6.45) is -0.435. The number of halogens is 1. The number of rotatable bonds is 2. The number of morpholine rings is 1. The van der Waals surface area contributed by atoms with Gasteiger partial charge in [-0.3, -0.25) is 9.69 Å². The monoisotopic (exact) mass is 307 g/mol. The molecule has 1 aromatic rings. The number of carbonyl (C=O) groups excluding carboxylic acids is 1. The molecule has 5 nitrogen and oxygen atoms in total. The number of anilines is 2. The molecule has 120 valence electrons. The lowest BCUT2D eigenvalue weighted by Crippen LogP contribution is -2.53. The van der Waals surface area contributed by atoms with Gasteiger partial charge in [0.2, 0.25) is 0 Å². The SMILES string of the molecule is CCN1CCOC(C(=O)N2CCN(C)c3cc(F)ccc32)C1. The average Bonchev–Trinajstić information content (AvgIpc) is 2.55. The van der Waals surface area contributed by atoms with Gasteiger partial charge in [-0.15, -0.1) is 0 Å². The van der Waals surface area contributed by atoms with Crippen LogP contribution >= 0.6 is 0 Å². The van der Waals surface area contributed by atoms with Crippen molar-refractivity contribution in [2.45, 2.75) is 13.0 Å². The van der Waals surface area contributed by atoms with E-state index in [1.807, 2.05) is 11.9 Å². The van der Waals surface area contributed by atoms with E-state index in [-0.39, 0.29) is 11.7 Å². The van der Waals surface area contributed by atoms with Crippen LogP contribution in [-0.2, 0) is 9.53 Å². The Balaban J connectivity index is 1.83. The molecule has 1 saturated heterocycles. The number of likely N-dealkylation sites (N-methyl/N-ethyl adjacent to an activating group) is 2. The molecule has 0 N–H and O–H groups in total. The van der Waals surface area contributed by atoms with Gasteiger partial charge in [0.1, 0.15) is 11.9 Å². The van der Waals surface area contributed by atoms with Gasteiger partial charge >= 0.3 is 0 Å². The zero-order valence-electron chi connectivity index (χ0n) is 13.1. The second-order valence-corrected chi connectivity index (χ2v) is 5.80. The third kappa shape index (κ3) is 2.80. The van der Waals surface area contributed by atoms with Gasteiger partial charge in [-0.2, -0.15) is 0 Å². The summed E-state index contributed by atoms with van der Waals surface area (Å²) in [6.45, 7) is 6.35. The zero-order chi connectivity index (χ0) is 15.7. The van der Waals surface area contributed by atoms with Crippen molar-refractivity contribution in [3.63, 3.8) is 0 Å². The van der Waals surface area contributed by atoms with Crippen molar-refractivity contribution in [1.29, 1.82) is 0 Å². The molecule has 0 spiro atoms. The summed E-state index contributed by atoms with van der Waals surface area (Å²) >= 11 is 0. The first kappa shape index (κ1) is 15.2. The first-order chi connectivity index (χ1) is 10.6. The van der Waals surface area contributed by atoms with Crippen LogP contribution in [-0.4, -0.2) is 63.3 Å². The number of benzene rings is 1. The molecule has 2 aliphatic rings. The highest BCUT2D eigenvalue weighted by Gasteiger charge is 2.33. The highest BCUT2D eigenvalue weighted by Crippen LogP contribution is 2.33. The van der Waals surface area contributed by atoms with Gasteiger partial charge < -0.3 is 14.5 Å². The summed E-state index contributed by atoms with van der Waals surface area (Å²) in [5.74, 6) is -0.315. The van der Waals surface area contributed by atoms with E-state index in [2.05, 4.69) is 11.8 Å². The number of ether oxygens (including phenoxy) is 1. The Hall–Kier alpha value is -1.66. The Bertz CT molecular complexity index is 566. The molecule has 0 radical (unpaired) electrons. The van der Waals surface area contributed by atoms with Gasteiger partial charge in [-0.25, -0.2) is 4.39 Å². The summed E-state index contributed by atoms with van der Waals surface area (Å²) in [6, 6.07) is 4.56. The highest BCUT2D eigenvalue weighted by atomic mass is 19.1. The van der Waals surface area contributed by atoms with Gasteiger partial charge in [0.15, 0.2) is 0 Å². The Labute approximate surface area is 130 Å². The van der Waals surface area contributed by atoms with Gasteiger partial charge in [0, 0.05) is 33.2 Å². The third-order valence-electron chi connectivity index (χ3n) is 4.44. The molecule has 2 heterocycles. The minimum Gasteiger partial charge on any atom is -0.371 e. The largest absolute Gasteiger partial charge is 0.371 e. The van der Waals surface area contributed by atoms with Crippen LogP contribution in [0.1, 0.15) is 6.92 Å². The van der Waals surface area contributed by atoms with E-state index in [9.17, 15) is 9.18 Å². The maximum absolute atomic E-state index is 13.5. The molecule has 1 atom stereocenters. The fraction of sp³-hybridized carbons (Fsp3) is 0.562. The number of hydrogen-bond acceptors (Lipinski definition) is 4. The second kappa shape index (κ2) is 6.22. The van der Waals surface area contributed by atoms with Crippen molar-refractivity contribution in [2.75, 3.05) is 56.2 Å². The van der Waals surface area contributed by atoms with E-state index in [0.29, 0.717) is 26.2 Å². The van der Waals surface area contributed by atoms with Crippen LogP contribution in [0.15, 0.2) is 18.2 Å². The normalized spacial score (nSPS) is 22.6. The highest BCUT2D eigenvalue weighted by molar-refractivity contribution is 6.00. The van der Waals surface area contributed by atoms with E-state index < -0.39 is 6.10 Å². The van der Waals surface area contributed by atoms with Crippen molar-refractivity contribution < 1.29 is 13.9 Å². The first-order valence-electron chi connectivity index (χ1n) is 7.76. The van der Waals surface area contributed by atoms with E-state index in [1.165, 1.54) is 12.1 Å². The van der Waals surface area contributed by atoms with Crippen molar-refractivity contribution in [3.05, 3.63) is 24.0 Å². The van der Waals surface area contributed by atoms with Crippen molar-refractivity contribution in [3.8, 4) is 0 Å². The smallest absolute Gasteiger partial charge is 0.257 e.